The summed E-state index contributed by atoms with van der Waals surface area (Å²) in [6.07, 6.45) is 12.0. The first-order valence-corrected chi connectivity index (χ1v) is 8.63. The van der Waals surface area contributed by atoms with Crippen LogP contribution in [0.2, 0.25) is 0 Å². The predicted molar refractivity (Wildman–Crippen MR) is 82.8 cm³/mol. The van der Waals surface area contributed by atoms with E-state index in [0.29, 0.717) is 12.1 Å². The summed E-state index contributed by atoms with van der Waals surface area (Å²) in [5, 5.41) is 0. The molecule has 4 unspecified atom stereocenters. The van der Waals surface area contributed by atoms with E-state index in [0.717, 1.165) is 23.7 Å². The van der Waals surface area contributed by atoms with Crippen molar-refractivity contribution >= 4 is 0 Å². The van der Waals surface area contributed by atoms with Crippen LogP contribution in [0.5, 0.6) is 0 Å². The van der Waals surface area contributed by atoms with Gasteiger partial charge >= 0.3 is 0 Å². The molecular weight excluding hydrogens is 232 g/mol. The fourth-order valence-electron chi connectivity index (χ4n) is 4.61. The van der Waals surface area contributed by atoms with Gasteiger partial charge in [-0.25, -0.2) is 0 Å². The first-order valence-electron chi connectivity index (χ1n) is 8.63. The molecule has 2 aliphatic rings. The average molecular weight is 266 g/mol. The van der Waals surface area contributed by atoms with Crippen molar-refractivity contribution in [3.05, 3.63) is 0 Å². The van der Waals surface area contributed by atoms with Crippen LogP contribution >= 0.6 is 0 Å². The summed E-state index contributed by atoms with van der Waals surface area (Å²) < 4.78 is 0. The van der Waals surface area contributed by atoms with Gasteiger partial charge < -0.3 is 11.5 Å². The molecule has 0 aromatic carbocycles. The van der Waals surface area contributed by atoms with Crippen molar-refractivity contribution in [2.45, 2.75) is 83.7 Å². The molecule has 0 spiro atoms. The smallest absolute Gasteiger partial charge is 0.00647 e. The lowest BCUT2D eigenvalue weighted by atomic mass is 9.65. The fraction of sp³-hybridized carbons (Fsp3) is 1.00. The maximum Gasteiger partial charge on any atom is 0.00647 e. The van der Waals surface area contributed by atoms with Crippen LogP contribution in [0.15, 0.2) is 0 Å². The summed E-state index contributed by atoms with van der Waals surface area (Å²) in [7, 11) is 0. The summed E-state index contributed by atoms with van der Waals surface area (Å²) >= 11 is 0. The minimum absolute atomic E-state index is 0.457. The molecule has 0 aliphatic heterocycles. The molecule has 2 saturated carbocycles. The van der Waals surface area contributed by atoms with Gasteiger partial charge in [0.05, 0.1) is 0 Å². The van der Waals surface area contributed by atoms with Gasteiger partial charge in [-0.1, -0.05) is 26.7 Å². The van der Waals surface area contributed by atoms with Crippen molar-refractivity contribution in [2.24, 2.45) is 35.1 Å². The Balaban J connectivity index is 1.95. The topological polar surface area (TPSA) is 52.0 Å². The molecule has 0 heterocycles. The number of hydrogen-bond donors (Lipinski definition) is 2. The second-order valence-corrected chi connectivity index (χ2v) is 7.34. The Kier molecular flexibility index (Phi) is 5.70. The highest BCUT2D eigenvalue weighted by molar-refractivity contribution is 4.88. The fourth-order valence-corrected chi connectivity index (χ4v) is 4.61. The zero-order valence-corrected chi connectivity index (χ0v) is 13.0. The normalized spacial score (nSPS) is 42.0. The summed E-state index contributed by atoms with van der Waals surface area (Å²) in [5.41, 5.74) is 12.3. The SMILES string of the molecule is CCCC(C1CCC(N)CC1)C1CCC(N)C(C)C1. The second-order valence-electron chi connectivity index (χ2n) is 7.34. The number of hydrogen-bond acceptors (Lipinski definition) is 2. The Bertz CT molecular complexity index is 258. The molecule has 112 valence electrons. The lowest BCUT2D eigenvalue weighted by molar-refractivity contribution is 0.104. The van der Waals surface area contributed by atoms with E-state index in [1.165, 1.54) is 57.8 Å². The molecule has 0 amide bonds. The van der Waals surface area contributed by atoms with Crippen LogP contribution < -0.4 is 11.5 Å². The van der Waals surface area contributed by atoms with Crippen molar-refractivity contribution in [3.63, 3.8) is 0 Å². The number of nitrogens with two attached hydrogens (primary N) is 2. The van der Waals surface area contributed by atoms with E-state index >= 15 is 0 Å². The Hall–Kier alpha value is -0.0800. The van der Waals surface area contributed by atoms with Crippen molar-refractivity contribution in [1.82, 2.24) is 0 Å². The highest BCUT2D eigenvalue weighted by Gasteiger charge is 2.35. The summed E-state index contributed by atoms with van der Waals surface area (Å²) in [6.45, 7) is 4.70. The van der Waals surface area contributed by atoms with E-state index < -0.39 is 0 Å². The summed E-state index contributed by atoms with van der Waals surface area (Å²) in [4.78, 5) is 0. The van der Waals surface area contributed by atoms with Gasteiger partial charge in [0.15, 0.2) is 0 Å². The van der Waals surface area contributed by atoms with Gasteiger partial charge in [-0.05, 0) is 68.6 Å². The minimum Gasteiger partial charge on any atom is -0.328 e. The molecule has 19 heavy (non-hydrogen) atoms. The molecule has 2 heteroatoms. The van der Waals surface area contributed by atoms with E-state index in [9.17, 15) is 0 Å². The summed E-state index contributed by atoms with van der Waals surface area (Å²) in [6, 6.07) is 0.940. The summed E-state index contributed by atoms with van der Waals surface area (Å²) in [5.74, 6) is 3.57. The molecule has 2 nitrogen and oxygen atoms in total. The van der Waals surface area contributed by atoms with E-state index in [2.05, 4.69) is 13.8 Å². The van der Waals surface area contributed by atoms with Gasteiger partial charge in [-0.2, -0.15) is 0 Å². The molecule has 0 radical (unpaired) electrons. The monoisotopic (exact) mass is 266 g/mol. The maximum atomic E-state index is 6.19. The standard InChI is InChI=1S/C17H34N2/c1-3-4-16(13-5-8-15(18)9-6-13)14-7-10-17(19)12(2)11-14/h12-17H,3-11,18-19H2,1-2H3. The molecule has 4 N–H and O–H groups in total. The first-order chi connectivity index (χ1) is 9.11. The first kappa shape index (κ1) is 15.3. The van der Waals surface area contributed by atoms with Gasteiger partial charge in [0.2, 0.25) is 0 Å². The van der Waals surface area contributed by atoms with Crippen molar-refractivity contribution < 1.29 is 0 Å². The van der Waals surface area contributed by atoms with Gasteiger partial charge in [-0.15, -0.1) is 0 Å². The van der Waals surface area contributed by atoms with Gasteiger partial charge in [0, 0.05) is 12.1 Å². The zero-order valence-electron chi connectivity index (χ0n) is 13.0. The van der Waals surface area contributed by atoms with E-state index in [1.807, 2.05) is 0 Å². The molecule has 0 aromatic rings. The molecule has 4 atom stereocenters. The molecule has 2 fully saturated rings. The van der Waals surface area contributed by atoms with Crippen LogP contribution in [-0.4, -0.2) is 12.1 Å². The lowest BCUT2D eigenvalue weighted by Crippen LogP contribution is -2.39. The Morgan fingerprint density at radius 2 is 1.58 bits per heavy atom. The minimum atomic E-state index is 0.457. The number of rotatable bonds is 4. The van der Waals surface area contributed by atoms with Crippen molar-refractivity contribution in [2.75, 3.05) is 0 Å². The van der Waals surface area contributed by atoms with Crippen LogP contribution in [0, 0.1) is 23.7 Å². The van der Waals surface area contributed by atoms with Crippen LogP contribution in [0.25, 0.3) is 0 Å². The van der Waals surface area contributed by atoms with Gasteiger partial charge in [0.1, 0.15) is 0 Å². The lowest BCUT2D eigenvalue weighted by Gasteiger charge is -2.42. The Labute approximate surface area is 119 Å². The average Bonchev–Trinajstić information content (AvgIpc) is 2.41. The van der Waals surface area contributed by atoms with E-state index in [4.69, 9.17) is 11.5 Å². The van der Waals surface area contributed by atoms with Gasteiger partial charge in [0.25, 0.3) is 0 Å². The molecule has 0 saturated heterocycles. The molecule has 0 aromatic heterocycles. The van der Waals surface area contributed by atoms with E-state index in [-0.39, 0.29) is 0 Å². The molecular formula is C17H34N2. The van der Waals surface area contributed by atoms with Crippen LogP contribution in [-0.2, 0) is 0 Å². The maximum absolute atomic E-state index is 6.19. The third-order valence-corrected chi connectivity index (χ3v) is 5.93. The van der Waals surface area contributed by atoms with Crippen molar-refractivity contribution in [3.8, 4) is 0 Å². The van der Waals surface area contributed by atoms with Crippen LogP contribution in [0.3, 0.4) is 0 Å². The highest BCUT2D eigenvalue weighted by atomic mass is 14.7. The highest BCUT2D eigenvalue weighted by Crippen LogP contribution is 2.43. The molecule has 2 rings (SSSR count). The van der Waals surface area contributed by atoms with E-state index in [1.54, 1.807) is 0 Å². The van der Waals surface area contributed by atoms with Crippen molar-refractivity contribution in [1.29, 1.82) is 0 Å². The third kappa shape index (κ3) is 3.95. The molecule has 2 aliphatic carbocycles. The third-order valence-electron chi connectivity index (χ3n) is 5.93. The van der Waals surface area contributed by atoms with Crippen LogP contribution in [0.1, 0.15) is 71.6 Å². The predicted octanol–water partition coefficient (Wildman–Crippen LogP) is 3.68. The Morgan fingerprint density at radius 3 is 2.16 bits per heavy atom. The zero-order chi connectivity index (χ0) is 13.8. The quantitative estimate of drug-likeness (QED) is 0.815. The second kappa shape index (κ2) is 7.08. The Morgan fingerprint density at radius 1 is 0.947 bits per heavy atom. The van der Waals surface area contributed by atoms with Crippen LogP contribution in [0.4, 0.5) is 0 Å². The molecule has 0 bridgehead atoms. The largest absolute Gasteiger partial charge is 0.328 e. The van der Waals surface area contributed by atoms with Gasteiger partial charge in [-0.3, -0.25) is 0 Å².